The number of hydrogen-bond donors (Lipinski definition) is 1. The molecule has 5 aromatic rings. The van der Waals surface area contributed by atoms with Crippen LogP contribution in [0.1, 0.15) is 39.7 Å². The monoisotopic (exact) mass is 476 g/mol. The van der Waals surface area contributed by atoms with Crippen molar-refractivity contribution in [1.82, 2.24) is 25.2 Å². The van der Waals surface area contributed by atoms with Crippen LogP contribution in [-0.4, -0.2) is 31.7 Å². The fourth-order valence-electron chi connectivity index (χ4n) is 5.32. The molecule has 1 aliphatic heterocycles. The number of rotatable bonds is 6. The van der Waals surface area contributed by atoms with Gasteiger partial charge in [0.25, 0.3) is 5.56 Å². The van der Waals surface area contributed by atoms with Crippen LogP contribution in [0.4, 0.5) is 5.69 Å². The second-order valence-corrected chi connectivity index (χ2v) is 9.51. The number of nitrogens with one attached hydrogen (secondary N) is 1. The maximum absolute atomic E-state index is 13.6. The lowest BCUT2D eigenvalue weighted by atomic mass is 9.99. The molecular weight excluding hydrogens is 448 g/mol. The van der Waals surface area contributed by atoms with Gasteiger partial charge >= 0.3 is 0 Å². The van der Waals surface area contributed by atoms with E-state index in [1.165, 1.54) is 11.1 Å². The standard InChI is InChI=1S/C29H28N6O/c1-19-12-13-20(2)26-23(19)18-24(29(36)30-26)27(34-16-15-22-10-6-7-11-25(22)34)28-31-32-33-35(28)17-14-21-8-4-3-5-9-21/h3-13,18,27H,14-17H2,1-2H3,(H,30,36)/t27-/m1/s1. The van der Waals surface area contributed by atoms with E-state index in [1.807, 2.05) is 48.0 Å². The van der Waals surface area contributed by atoms with E-state index in [0.717, 1.165) is 47.1 Å². The van der Waals surface area contributed by atoms with Crippen molar-refractivity contribution in [2.45, 2.75) is 39.3 Å². The summed E-state index contributed by atoms with van der Waals surface area (Å²) in [5.41, 5.74) is 7.22. The molecule has 1 N–H and O–H groups in total. The molecule has 6 rings (SSSR count). The first-order valence-corrected chi connectivity index (χ1v) is 12.4. The van der Waals surface area contributed by atoms with E-state index in [9.17, 15) is 4.79 Å². The number of aryl methyl sites for hydroxylation is 4. The Morgan fingerprint density at radius 1 is 0.972 bits per heavy atom. The number of para-hydroxylation sites is 1. The lowest BCUT2D eigenvalue weighted by Gasteiger charge is -2.29. The van der Waals surface area contributed by atoms with Crippen molar-refractivity contribution < 1.29 is 0 Å². The van der Waals surface area contributed by atoms with E-state index < -0.39 is 6.04 Å². The van der Waals surface area contributed by atoms with E-state index in [1.54, 1.807) is 0 Å². The van der Waals surface area contributed by atoms with Gasteiger partial charge in [-0.3, -0.25) is 4.79 Å². The Balaban J connectivity index is 1.50. The molecule has 0 aliphatic carbocycles. The number of H-pyrrole nitrogens is 1. The first kappa shape index (κ1) is 22.2. The number of pyridine rings is 1. The molecule has 0 radical (unpaired) electrons. The molecule has 0 fully saturated rings. The predicted molar refractivity (Wildman–Crippen MR) is 141 cm³/mol. The Bertz CT molecular complexity index is 1600. The summed E-state index contributed by atoms with van der Waals surface area (Å²) >= 11 is 0. The number of anilines is 1. The maximum atomic E-state index is 13.6. The van der Waals surface area contributed by atoms with Crippen molar-refractivity contribution in [2.75, 3.05) is 11.4 Å². The number of aromatic amines is 1. The third-order valence-electron chi connectivity index (χ3n) is 7.26. The van der Waals surface area contributed by atoms with Gasteiger partial charge in [0.05, 0.1) is 5.52 Å². The molecule has 0 saturated heterocycles. The molecule has 1 aliphatic rings. The third-order valence-corrected chi connectivity index (χ3v) is 7.26. The molecule has 0 bridgehead atoms. The van der Waals surface area contributed by atoms with E-state index in [4.69, 9.17) is 0 Å². The number of aromatic nitrogens is 5. The van der Waals surface area contributed by atoms with Gasteiger partial charge in [0, 0.05) is 29.7 Å². The zero-order valence-corrected chi connectivity index (χ0v) is 20.5. The molecule has 180 valence electrons. The second-order valence-electron chi connectivity index (χ2n) is 9.51. The van der Waals surface area contributed by atoms with E-state index in [0.29, 0.717) is 17.9 Å². The molecule has 0 saturated carbocycles. The maximum Gasteiger partial charge on any atom is 0.254 e. The Labute approximate surface area is 209 Å². The summed E-state index contributed by atoms with van der Waals surface area (Å²) in [5.74, 6) is 0.679. The Morgan fingerprint density at radius 2 is 1.75 bits per heavy atom. The van der Waals surface area contributed by atoms with Crippen LogP contribution < -0.4 is 10.5 Å². The number of nitrogens with zero attached hydrogens (tertiary/aromatic N) is 5. The minimum absolute atomic E-state index is 0.108. The molecule has 0 spiro atoms. The van der Waals surface area contributed by atoms with Crippen molar-refractivity contribution in [2.24, 2.45) is 0 Å². The summed E-state index contributed by atoms with van der Waals surface area (Å²) in [6.45, 7) is 5.52. The minimum atomic E-state index is -0.410. The molecular formula is C29H28N6O. The van der Waals surface area contributed by atoms with Gasteiger partial charge < -0.3 is 9.88 Å². The van der Waals surface area contributed by atoms with Crippen LogP contribution in [0, 0.1) is 13.8 Å². The van der Waals surface area contributed by atoms with Gasteiger partial charge in [-0.2, -0.15) is 0 Å². The molecule has 1 atom stereocenters. The van der Waals surface area contributed by atoms with Crippen molar-refractivity contribution >= 4 is 16.6 Å². The number of fused-ring (bicyclic) bond motifs is 2. The Hall–Kier alpha value is -4.26. The molecule has 0 amide bonds. The van der Waals surface area contributed by atoms with Crippen LogP contribution >= 0.6 is 0 Å². The van der Waals surface area contributed by atoms with Crippen LogP contribution in [0.2, 0.25) is 0 Å². The molecule has 2 aromatic heterocycles. The van der Waals surface area contributed by atoms with E-state index in [2.05, 4.69) is 68.7 Å². The van der Waals surface area contributed by atoms with Gasteiger partial charge in [0.1, 0.15) is 6.04 Å². The first-order valence-electron chi connectivity index (χ1n) is 12.4. The highest BCUT2D eigenvalue weighted by atomic mass is 16.1. The third kappa shape index (κ3) is 3.86. The average Bonchev–Trinajstić information content (AvgIpc) is 3.54. The summed E-state index contributed by atoms with van der Waals surface area (Å²) in [6.07, 6.45) is 1.72. The normalized spacial score (nSPS) is 13.8. The quantitative estimate of drug-likeness (QED) is 0.390. The molecule has 7 heteroatoms. The number of benzene rings is 3. The highest BCUT2D eigenvalue weighted by molar-refractivity contribution is 5.85. The molecule has 0 unspecified atom stereocenters. The van der Waals surface area contributed by atoms with Gasteiger partial charge in [0.2, 0.25) is 0 Å². The zero-order chi connectivity index (χ0) is 24.6. The fourth-order valence-corrected chi connectivity index (χ4v) is 5.32. The van der Waals surface area contributed by atoms with Gasteiger partial charge in [-0.15, -0.1) is 5.10 Å². The first-order chi connectivity index (χ1) is 17.6. The van der Waals surface area contributed by atoms with Crippen LogP contribution in [0.3, 0.4) is 0 Å². The number of hydrogen-bond acceptors (Lipinski definition) is 5. The zero-order valence-electron chi connectivity index (χ0n) is 20.5. The van der Waals surface area contributed by atoms with Crippen molar-refractivity contribution in [3.8, 4) is 0 Å². The van der Waals surface area contributed by atoms with Gasteiger partial charge in [-0.05, 0) is 71.5 Å². The molecule has 3 aromatic carbocycles. The van der Waals surface area contributed by atoms with Crippen LogP contribution in [0.5, 0.6) is 0 Å². The van der Waals surface area contributed by atoms with Gasteiger partial charge in [-0.25, -0.2) is 4.68 Å². The lowest BCUT2D eigenvalue weighted by Crippen LogP contribution is -2.34. The molecule has 7 nitrogen and oxygen atoms in total. The second kappa shape index (κ2) is 9.07. The lowest BCUT2D eigenvalue weighted by molar-refractivity contribution is 0.538. The fraction of sp³-hybridized carbons (Fsp3) is 0.241. The van der Waals surface area contributed by atoms with Crippen LogP contribution in [0.15, 0.2) is 77.6 Å². The summed E-state index contributed by atoms with van der Waals surface area (Å²) in [6, 6.07) is 24.5. The smallest absolute Gasteiger partial charge is 0.254 e. The minimum Gasteiger partial charge on any atom is -0.357 e. The Morgan fingerprint density at radius 3 is 2.61 bits per heavy atom. The Kier molecular flexibility index (Phi) is 5.60. The topological polar surface area (TPSA) is 79.7 Å². The summed E-state index contributed by atoms with van der Waals surface area (Å²) in [7, 11) is 0. The van der Waals surface area contributed by atoms with Crippen molar-refractivity contribution in [3.63, 3.8) is 0 Å². The molecule has 36 heavy (non-hydrogen) atoms. The van der Waals surface area contributed by atoms with E-state index >= 15 is 0 Å². The van der Waals surface area contributed by atoms with Crippen molar-refractivity contribution in [3.05, 3.63) is 117 Å². The SMILES string of the molecule is Cc1ccc(C)c2[nH]c(=O)c([C@H](c3nnnn3CCc3ccccc3)N3CCc4ccccc43)cc12. The van der Waals surface area contributed by atoms with Crippen molar-refractivity contribution in [1.29, 1.82) is 0 Å². The van der Waals surface area contributed by atoms with Crippen LogP contribution in [-0.2, 0) is 19.4 Å². The number of tetrazole rings is 1. The van der Waals surface area contributed by atoms with E-state index in [-0.39, 0.29) is 5.56 Å². The van der Waals surface area contributed by atoms with Crippen LogP contribution in [0.25, 0.3) is 10.9 Å². The van der Waals surface area contributed by atoms with Gasteiger partial charge in [0.15, 0.2) is 5.82 Å². The summed E-state index contributed by atoms with van der Waals surface area (Å²) in [5, 5.41) is 13.9. The van der Waals surface area contributed by atoms with Gasteiger partial charge in [-0.1, -0.05) is 60.7 Å². The summed E-state index contributed by atoms with van der Waals surface area (Å²) < 4.78 is 1.85. The summed E-state index contributed by atoms with van der Waals surface area (Å²) in [4.78, 5) is 19.1. The molecule has 3 heterocycles. The highest BCUT2D eigenvalue weighted by Crippen LogP contribution is 2.37. The highest BCUT2D eigenvalue weighted by Gasteiger charge is 2.34. The largest absolute Gasteiger partial charge is 0.357 e. The average molecular weight is 477 g/mol. The predicted octanol–water partition coefficient (Wildman–Crippen LogP) is 4.53.